The summed E-state index contributed by atoms with van der Waals surface area (Å²) in [5.41, 5.74) is 1.51. The summed E-state index contributed by atoms with van der Waals surface area (Å²) in [5, 5.41) is 15.0. The second-order valence-electron chi connectivity index (χ2n) is 4.02. The molecule has 2 aromatic rings. The lowest BCUT2D eigenvalue weighted by Crippen LogP contribution is -2.01. The Hall–Kier alpha value is -1.30. The average Bonchev–Trinajstić information content (AvgIpc) is 2.41. The molecule has 0 spiro atoms. The summed E-state index contributed by atoms with van der Waals surface area (Å²) in [7, 11) is 0. The van der Waals surface area contributed by atoms with Gasteiger partial charge in [0.2, 0.25) is 0 Å². The first-order chi connectivity index (χ1) is 9.47. The fourth-order valence-electron chi connectivity index (χ4n) is 1.61. The van der Waals surface area contributed by atoms with E-state index in [4.69, 9.17) is 23.2 Å². The van der Waals surface area contributed by atoms with Crippen LogP contribution in [0.3, 0.4) is 0 Å². The predicted molar refractivity (Wildman–Crippen MR) is 84.6 cm³/mol. The second-order valence-corrected chi connectivity index (χ2v) is 5.68. The average molecular weight is 376 g/mol. The molecule has 0 unspecified atom stereocenters. The van der Waals surface area contributed by atoms with Crippen LogP contribution in [-0.2, 0) is 6.54 Å². The maximum atomic E-state index is 10.7. The summed E-state index contributed by atoms with van der Waals surface area (Å²) in [5.74, 6) is 0. The Bertz CT molecular complexity index is 665. The minimum Gasteiger partial charge on any atom is -0.381 e. The molecule has 0 radical (unpaired) electrons. The van der Waals surface area contributed by atoms with Crippen LogP contribution in [0.2, 0.25) is 10.0 Å². The molecule has 0 aliphatic heterocycles. The van der Waals surface area contributed by atoms with Gasteiger partial charge in [0.1, 0.15) is 0 Å². The zero-order valence-corrected chi connectivity index (χ0v) is 13.2. The molecule has 0 aliphatic carbocycles. The van der Waals surface area contributed by atoms with Gasteiger partial charge in [0.25, 0.3) is 5.69 Å². The van der Waals surface area contributed by atoms with Crippen LogP contribution in [0, 0.1) is 10.1 Å². The van der Waals surface area contributed by atoms with Crippen LogP contribution in [0.1, 0.15) is 5.56 Å². The van der Waals surface area contributed by atoms with Gasteiger partial charge < -0.3 is 5.32 Å². The highest BCUT2D eigenvalue weighted by atomic mass is 79.9. The SMILES string of the molecule is O=[N+]([O-])c1ccc(Cl)c(CNc2ccc(Cl)c(Br)c2)c1. The first-order valence-electron chi connectivity index (χ1n) is 5.59. The van der Waals surface area contributed by atoms with E-state index in [0.29, 0.717) is 22.2 Å². The van der Waals surface area contributed by atoms with Gasteiger partial charge in [-0.25, -0.2) is 0 Å². The normalized spacial score (nSPS) is 10.3. The first-order valence-corrected chi connectivity index (χ1v) is 7.14. The predicted octanol–water partition coefficient (Wildman–Crippen LogP) is 5.28. The number of nitro benzene ring substituents is 1. The van der Waals surface area contributed by atoms with Crippen molar-refractivity contribution >= 4 is 50.5 Å². The van der Waals surface area contributed by atoms with Gasteiger partial charge in [-0.05, 0) is 45.8 Å². The monoisotopic (exact) mass is 374 g/mol. The molecule has 2 aromatic carbocycles. The van der Waals surface area contributed by atoms with Crippen molar-refractivity contribution in [3.8, 4) is 0 Å². The number of nitro groups is 1. The molecule has 2 rings (SSSR count). The molecule has 7 heteroatoms. The van der Waals surface area contributed by atoms with E-state index in [2.05, 4.69) is 21.2 Å². The number of nitrogens with one attached hydrogen (secondary N) is 1. The number of nitrogens with zero attached hydrogens (tertiary/aromatic N) is 1. The third-order valence-electron chi connectivity index (χ3n) is 2.64. The molecule has 0 atom stereocenters. The zero-order chi connectivity index (χ0) is 14.7. The Kier molecular flexibility index (Phi) is 4.86. The molecule has 0 fully saturated rings. The number of hydrogen-bond donors (Lipinski definition) is 1. The molecule has 0 saturated heterocycles. The van der Waals surface area contributed by atoms with Crippen molar-refractivity contribution in [3.05, 3.63) is 66.6 Å². The molecule has 0 amide bonds. The van der Waals surface area contributed by atoms with Crippen molar-refractivity contribution in [1.29, 1.82) is 0 Å². The largest absolute Gasteiger partial charge is 0.381 e. The van der Waals surface area contributed by atoms with Gasteiger partial charge >= 0.3 is 0 Å². The minimum absolute atomic E-state index is 0.0171. The van der Waals surface area contributed by atoms with Crippen LogP contribution < -0.4 is 5.32 Å². The Balaban J connectivity index is 2.15. The maximum Gasteiger partial charge on any atom is 0.269 e. The van der Waals surface area contributed by atoms with E-state index in [1.165, 1.54) is 18.2 Å². The smallest absolute Gasteiger partial charge is 0.269 e. The molecular formula is C13H9BrCl2N2O2. The summed E-state index contributed by atoms with van der Waals surface area (Å²) in [4.78, 5) is 10.3. The van der Waals surface area contributed by atoms with Crippen molar-refractivity contribution in [2.24, 2.45) is 0 Å². The van der Waals surface area contributed by atoms with Gasteiger partial charge in [-0.15, -0.1) is 0 Å². The minimum atomic E-state index is -0.446. The third-order valence-corrected chi connectivity index (χ3v) is 4.23. The molecule has 20 heavy (non-hydrogen) atoms. The molecule has 0 aromatic heterocycles. The Morgan fingerprint density at radius 3 is 2.50 bits per heavy atom. The van der Waals surface area contributed by atoms with Crippen molar-refractivity contribution in [1.82, 2.24) is 0 Å². The Morgan fingerprint density at radius 1 is 1.15 bits per heavy atom. The molecule has 0 bridgehead atoms. The molecular weight excluding hydrogens is 367 g/mol. The number of anilines is 1. The van der Waals surface area contributed by atoms with E-state index in [-0.39, 0.29) is 5.69 Å². The number of halogens is 3. The van der Waals surface area contributed by atoms with Crippen LogP contribution in [0.15, 0.2) is 40.9 Å². The molecule has 0 heterocycles. The summed E-state index contributed by atoms with van der Waals surface area (Å²) in [6.45, 7) is 0.384. The standard InChI is InChI=1S/C13H9BrCl2N2O2/c14-11-6-9(1-3-13(11)16)17-7-8-5-10(18(19)20)2-4-12(8)15/h1-6,17H,7H2. The number of non-ortho nitro benzene ring substituents is 1. The lowest BCUT2D eigenvalue weighted by Gasteiger charge is -2.09. The Labute approximate surface area is 134 Å². The number of benzene rings is 2. The van der Waals surface area contributed by atoms with Crippen LogP contribution >= 0.6 is 39.1 Å². The van der Waals surface area contributed by atoms with Crippen molar-refractivity contribution in [2.45, 2.75) is 6.54 Å². The van der Waals surface area contributed by atoms with Gasteiger partial charge in [-0.1, -0.05) is 23.2 Å². The summed E-state index contributed by atoms with van der Waals surface area (Å²) < 4.78 is 0.773. The summed E-state index contributed by atoms with van der Waals surface area (Å²) >= 11 is 15.3. The van der Waals surface area contributed by atoms with Crippen molar-refractivity contribution < 1.29 is 4.92 Å². The number of hydrogen-bond acceptors (Lipinski definition) is 3. The highest BCUT2D eigenvalue weighted by molar-refractivity contribution is 9.10. The number of rotatable bonds is 4. The van der Waals surface area contributed by atoms with Gasteiger partial charge in [0.15, 0.2) is 0 Å². The molecule has 4 nitrogen and oxygen atoms in total. The third kappa shape index (κ3) is 3.62. The molecule has 0 saturated carbocycles. The van der Waals surface area contributed by atoms with Gasteiger partial charge in [-0.3, -0.25) is 10.1 Å². The maximum absolute atomic E-state index is 10.7. The van der Waals surface area contributed by atoms with Crippen LogP contribution in [0.5, 0.6) is 0 Å². The highest BCUT2D eigenvalue weighted by Gasteiger charge is 2.09. The first kappa shape index (κ1) is 15.1. The van der Waals surface area contributed by atoms with E-state index in [1.807, 2.05) is 12.1 Å². The van der Waals surface area contributed by atoms with E-state index >= 15 is 0 Å². The fraction of sp³-hybridized carbons (Fsp3) is 0.0769. The van der Waals surface area contributed by atoms with Gasteiger partial charge in [0.05, 0.1) is 9.95 Å². The van der Waals surface area contributed by atoms with Gasteiger partial charge in [0, 0.05) is 33.9 Å². The van der Waals surface area contributed by atoms with Gasteiger partial charge in [-0.2, -0.15) is 0 Å². The summed E-state index contributed by atoms with van der Waals surface area (Å²) in [6.07, 6.45) is 0. The quantitative estimate of drug-likeness (QED) is 0.584. The molecule has 104 valence electrons. The van der Waals surface area contributed by atoms with Crippen molar-refractivity contribution in [3.63, 3.8) is 0 Å². The van der Waals surface area contributed by atoms with Crippen LogP contribution in [0.25, 0.3) is 0 Å². The fourth-order valence-corrected chi connectivity index (χ4v) is 2.29. The van der Waals surface area contributed by atoms with Crippen molar-refractivity contribution in [2.75, 3.05) is 5.32 Å². The summed E-state index contributed by atoms with van der Waals surface area (Å²) in [6, 6.07) is 9.76. The molecule has 1 N–H and O–H groups in total. The second kappa shape index (κ2) is 6.43. The lowest BCUT2D eigenvalue weighted by molar-refractivity contribution is -0.384. The zero-order valence-electron chi connectivity index (χ0n) is 10.1. The van der Waals surface area contributed by atoms with E-state index in [0.717, 1.165) is 10.2 Å². The highest BCUT2D eigenvalue weighted by Crippen LogP contribution is 2.27. The van der Waals surface area contributed by atoms with E-state index in [9.17, 15) is 10.1 Å². The van der Waals surface area contributed by atoms with Crippen LogP contribution in [0.4, 0.5) is 11.4 Å². The Morgan fingerprint density at radius 2 is 1.85 bits per heavy atom. The van der Waals surface area contributed by atoms with Crippen LogP contribution in [-0.4, -0.2) is 4.92 Å². The van der Waals surface area contributed by atoms with E-state index < -0.39 is 4.92 Å². The molecule has 0 aliphatic rings. The topological polar surface area (TPSA) is 55.2 Å². The van der Waals surface area contributed by atoms with E-state index in [1.54, 1.807) is 6.07 Å². The lowest BCUT2D eigenvalue weighted by atomic mass is 10.2.